The Morgan fingerprint density at radius 1 is 1.07 bits per heavy atom. The number of ketones is 1. The van der Waals surface area contributed by atoms with Crippen LogP contribution in [0, 0.1) is 0 Å². The van der Waals surface area contributed by atoms with Crippen LogP contribution in [0.2, 0.25) is 0 Å². The third kappa shape index (κ3) is 4.43. The van der Waals surface area contributed by atoms with E-state index in [0.29, 0.717) is 11.4 Å². The van der Waals surface area contributed by atoms with E-state index < -0.39 is 36.2 Å². The van der Waals surface area contributed by atoms with E-state index in [2.05, 4.69) is 5.32 Å². The Labute approximate surface area is 167 Å². The Bertz CT molecular complexity index is 954. The number of anilines is 1. The van der Waals surface area contributed by atoms with Crippen molar-refractivity contribution in [3.63, 3.8) is 0 Å². The Morgan fingerprint density at radius 3 is 2.45 bits per heavy atom. The molecule has 1 aliphatic heterocycles. The molecule has 8 nitrogen and oxygen atoms in total. The lowest BCUT2D eigenvalue weighted by Gasteiger charge is -2.18. The molecule has 0 saturated heterocycles. The number of hydrogen-bond acceptors (Lipinski definition) is 6. The molecule has 8 heteroatoms. The van der Waals surface area contributed by atoms with Crippen molar-refractivity contribution < 1.29 is 28.7 Å². The molecule has 2 amide bonds. The molecule has 0 bridgehead atoms. The zero-order valence-electron chi connectivity index (χ0n) is 16.0. The first-order chi connectivity index (χ1) is 13.9. The fraction of sp³-hybridized carbons (Fsp3) is 0.238. The van der Waals surface area contributed by atoms with Crippen molar-refractivity contribution >= 4 is 29.3 Å². The van der Waals surface area contributed by atoms with Crippen molar-refractivity contribution in [3.05, 3.63) is 59.7 Å². The Kier molecular flexibility index (Phi) is 5.92. The van der Waals surface area contributed by atoms with Crippen LogP contribution >= 0.6 is 0 Å². The van der Waals surface area contributed by atoms with Crippen LogP contribution in [0.15, 0.2) is 48.5 Å². The van der Waals surface area contributed by atoms with Gasteiger partial charge in [0.1, 0.15) is 12.3 Å². The van der Waals surface area contributed by atoms with Crippen LogP contribution in [-0.4, -0.2) is 43.3 Å². The van der Waals surface area contributed by atoms with Crippen LogP contribution < -0.4 is 15.0 Å². The highest BCUT2D eigenvalue weighted by atomic mass is 16.5. The van der Waals surface area contributed by atoms with Crippen LogP contribution in [0.25, 0.3) is 0 Å². The first kappa shape index (κ1) is 20.1. The minimum atomic E-state index is -1.05. The molecule has 0 spiro atoms. The molecule has 0 unspecified atom stereocenters. The number of ether oxygens (including phenoxy) is 2. The van der Waals surface area contributed by atoms with Gasteiger partial charge in [-0.3, -0.25) is 24.1 Å². The normalized spacial score (nSPS) is 13.7. The second-order valence-corrected chi connectivity index (χ2v) is 6.44. The predicted octanol–water partition coefficient (Wildman–Crippen LogP) is 1.47. The minimum Gasteiger partial charge on any atom is -0.497 e. The van der Waals surface area contributed by atoms with Gasteiger partial charge in [0.2, 0.25) is 0 Å². The average Bonchev–Trinajstić information content (AvgIpc) is 2.97. The largest absolute Gasteiger partial charge is 0.497 e. The fourth-order valence-electron chi connectivity index (χ4n) is 2.90. The van der Waals surface area contributed by atoms with Crippen molar-refractivity contribution in [1.29, 1.82) is 0 Å². The van der Waals surface area contributed by atoms with Gasteiger partial charge in [0.15, 0.2) is 6.10 Å². The predicted molar refractivity (Wildman–Crippen MR) is 104 cm³/mol. The van der Waals surface area contributed by atoms with Gasteiger partial charge in [-0.05, 0) is 36.8 Å². The van der Waals surface area contributed by atoms with Crippen LogP contribution in [-0.2, 0) is 25.7 Å². The molecule has 1 N–H and O–H groups in total. The SMILES string of the molecule is COc1ccc(CNC(=O)[C@@H](C)OC(=O)CN2C(=O)C(=O)c3ccccc32)cc1. The summed E-state index contributed by atoms with van der Waals surface area (Å²) in [5.74, 6) is -2.01. The number of nitrogens with zero attached hydrogens (tertiary/aromatic N) is 1. The maximum absolute atomic E-state index is 12.2. The summed E-state index contributed by atoms with van der Waals surface area (Å²) in [5.41, 5.74) is 1.46. The lowest BCUT2D eigenvalue weighted by molar-refractivity contribution is -0.153. The quantitative estimate of drug-likeness (QED) is 0.562. The summed E-state index contributed by atoms with van der Waals surface area (Å²) in [4.78, 5) is 49.5. The van der Waals surface area contributed by atoms with Crippen molar-refractivity contribution in [3.8, 4) is 5.75 Å². The van der Waals surface area contributed by atoms with Crippen molar-refractivity contribution in [2.75, 3.05) is 18.6 Å². The molecule has 2 aromatic rings. The van der Waals surface area contributed by atoms with E-state index in [9.17, 15) is 19.2 Å². The minimum absolute atomic E-state index is 0.246. The molecule has 1 aliphatic rings. The van der Waals surface area contributed by atoms with Gasteiger partial charge in [-0.1, -0.05) is 24.3 Å². The summed E-state index contributed by atoms with van der Waals surface area (Å²) in [6.07, 6.45) is -1.05. The van der Waals surface area contributed by atoms with E-state index in [1.54, 1.807) is 37.4 Å². The number of nitrogens with one attached hydrogen (secondary N) is 1. The van der Waals surface area contributed by atoms with E-state index >= 15 is 0 Å². The smallest absolute Gasteiger partial charge is 0.326 e. The zero-order chi connectivity index (χ0) is 21.0. The third-order valence-electron chi connectivity index (χ3n) is 4.47. The van der Waals surface area contributed by atoms with Crippen molar-refractivity contribution in [2.24, 2.45) is 0 Å². The maximum atomic E-state index is 12.2. The van der Waals surface area contributed by atoms with Gasteiger partial charge in [-0.15, -0.1) is 0 Å². The Balaban J connectivity index is 1.53. The van der Waals surface area contributed by atoms with Gasteiger partial charge < -0.3 is 14.8 Å². The van der Waals surface area contributed by atoms with Crippen LogP contribution in [0.4, 0.5) is 5.69 Å². The van der Waals surface area contributed by atoms with E-state index in [-0.39, 0.29) is 12.1 Å². The molecule has 29 heavy (non-hydrogen) atoms. The van der Waals surface area contributed by atoms with Gasteiger partial charge in [0, 0.05) is 6.54 Å². The third-order valence-corrected chi connectivity index (χ3v) is 4.47. The maximum Gasteiger partial charge on any atom is 0.326 e. The lowest BCUT2D eigenvalue weighted by atomic mass is 10.1. The number of benzene rings is 2. The Morgan fingerprint density at radius 2 is 1.76 bits per heavy atom. The number of fused-ring (bicyclic) bond motifs is 1. The molecule has 0 aliphatic carbocycles. The van der Waals surface area contributed by atoms with Gasteiger partial charge in [-0.2, -0.15) is 0 Å². The molecule has 1 heterocycles. The number of carbonyl (C=O) groups is 4. The van der Waals surface area contributed by atoms with Gasteiger partial charge in [-0.25, -0.2) is 0 Å². The zero-order valence-corrected chi connectivity index (χ0v) is 16.0. The highest BCUT2D eigenvalue weighted by molar-refractivity contribution is 6.52. The van der Waals surface area contributed by atoms with E-state index in [1.807, 2.05) is 12.1 Å². The van der Waals surface area contributed by atoms with Crippen LogP contribution in [0.5, 0.6) is 5.75 Å². The van der Waals surface area contributed by atoms with E-state index in [0.717, 1.165) is 10.5 Å². The Hall–Kier alpha value is -3.68. The summed E-state index contributed by atoms with van der Waals surface area (Å²) < 4.78 is 10.2. The lowest BCUT2D eigenvalue weighted by Crippen LogP contribution is -2.40. The number of amides is 2. The summed E-state index contributed by atoms with van der Waals surface area (Å²) in [7, 11) is 1.57. The van der Waals surface area contributed by atoms with E-state index in [1.165, 1.54) is 13.0 Å². The highest BCUT2D eigenvalue weighted by Crippen LogP contribution is 2.28. The molecule has 3 rings (SSSR count). The number of rotatable bonds is 7. The van der Waals surface area contributed by atoms with Gasteiger partial charge >= 0.3 is 5.97 Å². The summed E-state index contributed by atoms with van der Waals surface area (Å²) in [6.45, 7) is 1.25. The monoisotopic (exact) mass is 396 g/mol. The summed E-state index contributed by atoms with van der Waals surface area (Å²) in [6, 6.07) is 13.6. The summed E-state index contributed by atoms with van der Waals surface area (Å²) in [5, 5.41) is 2.68. The molecule has 0 radical (unpaired) electrons. The first-order valence-corrected chi connectivity index (χ1v) is 8.96. The number of methoxy groups -OCH3 is 1. The number of hydrogen-bond donors (Lipinski definition) is 1. The van der Waals surface area contributed by atoms with Crippen LogP contribution in [0.1, 0.15) is 22.8 Å². The number of para-hydroxylation sites is 1. The molecular formula is C21H20N2O6. The second-order valence-electron chi connectivity index (χ2n) is 6.44. The molecular weight excluding hydrogens is 376 g/mol. The van der Waals surface area contributed by atoms with Crippen LogP contribution in [0.3, 0.4) is 0 Å². The number of Topliss-reactive ketones (excluding diaryl/α,β-unsaturated/α-hetero) is 1. The first-order valence-electron chi connectivity index (χ1n) is 8.96. The molecule has 1 atom stereocenters. The van der Waals surface area contributed by atoms with Crippen molar-refractivity contribution in [1.82, 2.24) is 5.32 Å². The molecule has 0 saturated carbocycles. The molecule has 150 valence electrons. The van der Waals surface area contributed by atoms with E-state index in [4.69, 9.17) is 9.47 Å². The highest BCUT2D eigenvalue weighted by Gasteiger charge is 2.37. The fourth-order valence-corrected chi connectivity index (χ4v) is 2.90. The van der Waals surface area contributed by atoms with Gasteiger partial charge in [0.05, 0.1) is 18.4 Å². The average molecular weight is 396 g/mol. The van der Waals surface area contributed by atoms with Gasteiger partial charge in [0.25, 0.3) is 17.6 Å². The molecule has 2 aromatic carbocycles. The molecule has 0 aromatic heterocycles. The summed E-state index contributed by atoms with van der Waals surface area (Å²) >= 11 is 0. The standard InChI is InChI=1S/C21H20N2O6/c1-13(20(26)22-11-14-7-9-15(28-2)10-8-14)29-18(24)12-23-17-6-4-3-5-16(17)19(25)21(23)27/h3-10,13H,11-12H2,1-2H3,(H,22,26)/t13-/m1/s1. The second kappa shape index (κ2) is 8.55. The number of carbonyl (C=O) groups excluding carboxylic acids is 4. The molecule has 0 fully saturated rings. The van der Waals surface area contributed by atoms with Crippen molar-refractivity contribution in [2.45, 2.75) is 19.6 Å². The topological polar surface area (TPSA) is 102 Å². The number of esters is 1.